The number of carbonyl (C=O) groups is 1. The Hall–Kier alpha value is -2.46. The van der Waals surface area contributed by atoms with E-state index in [1.54, 1.807) is 24.3 Å². The van der Waals surface area contributed by atoms with Crippen LogP contribution in [-0.4, -0.2) is 15.9 Å². The third-order valence-corrected chi connectivity index (χ3v) is 3.58. The van der Waals surface area contributed by atoms with Gasteiger partial charge in [-0.3, -0.25) is 9.78 Å². The average Bonchev–Trinajstić information content (AvgIpc) is 2.47. The number of anilines is 1. The predicted octanol–water partition coefficient (Wildman–Crippen LogP) is 4.15. The number of nitrogens with zero attached hydrogens (tertiary/aromatic N) is 2. The molecular formula is C17H14ClN3O. The predicted molar refractivity (Wildman–Crippen MR) is 88.4 cm³/mol. The van der Waals surface area contributed by atoms with Gasteiger partial charge >= 0.3 is 0 Å². The summed E-state index contributed by atoms with van der Waals surface area (Å²) >= 11 is 6.00. The van der Waals surface area contributed by atoms with Gasteiger partial charge in [0, 0.05) is 16.1 Å². The van der Waals surface area contributed by atoms with Crippen molar-refractivity contribution in [3.8, 4) is 0 Å². The molecule has 3 aromatic rings. The maximum absolute atomic E-state index is 12.5. The smallest absolute Gasteiger partial charge is 0.258 e. The number of aromatic nitrogens is 2. The van der Waals surface area contributed by atoms with E-state index in [1.807, 2.05) is 32.0 Å². The van der Waals surface area contributed by atoms with Crippen LogP contribution in [0.5, 0.6) is 0 Å². The van der Waals surface area contributed by atoms with Gasteiger partial charge in [0.1, 0.15) is 5.82 Å². The molecule has 2 aromatic heterocycles. The zero-order chi connectivity index (χ0) is 15.7. The van der Waals surface area contributed by atoms with Crippen molar-refractivity contribution in [3.63, 3.8) is 0 Å². The number of carbonyl (C=O) groups excluding carboxylic acids is 1. The summed E-state index contributed by atoms with van der Waals surface area (Å²) in [6.45, 7) is 3.69. The minimum Gasteiger partial charge on any atom is -0.306 e. The van der Waals surface area contributed by atoms with Gasteiger partial charge in [-0.2, -0.15) is 0 Å². The van der Waals surface area contributed by atoms with Crippen molar-refractivity contribution in [1.29, 1.82) is 0 Å². The van der Waals surface area contributed by atoms with Gasteiger partial charge in [-0.1, -0.05) is 17.7 Å². The number of benzene rings is 1. The zero-order valence-electron chi connectivity index (χ0n) is 12.2. The molecule has 0 saturated carbocycles. The van der Waals surface area contributed by atoms with Gasteiger partial charge in [0.05, 0.1) is 16.8 Å². The Balaban J connectivity index is 1.98. The van der Waals surface area contributed by atoms with Gasteiger partial charge in [-0.05, 0) is 50.2 Å². The number of nitrogens with one attached hydrogen (secondary N) is 1. The lowest BCUT2D eigenvalue weighted by molar-refractivity contribution is 0.102. The van der Waals surface area contributed by atoms with Crippen LogP contribution in [0.15, 0.2) is 42.5 Å². The first-order valence-electron chi connectivity index (χ1n) is 6.85. The van der Waals surface area contributed by atoms with E-state index in [9.17, 15) is 4.79 Å². The van der Waals surface area contributed by atoms with E-state index in [0.29, 0.717) is 22.1 Å². The maximum Gasteiger partial charge on any atom is 0.258 e. The van der Waals surface area contributed by atoms with Gasteiger partial charge in [0.2, 0.25) is 0 Å². The molecule has 1 N–H and O–H groups in total. The maximum atomic E-state index is 12.5. The first kappa shape index (κ1) is 14.5. The Bertz CT molecular complexity index is 877. The van der Waals surface area contributed by atoms with Gasteiger partial charge in [0.25, 0.3) is 5.91 Å². The number of halogens is 1. The van der Waals surface area contributed by atoms with Crippen LogP contribution in [0.1, 0.15) is 21.7 Å². The monoisotopic (exact) mass is 311 g/mol. The van der Waals surface area contributed by atoms with Gasteiger partial charge < -0.3 is 5.32 Å². The third-order valence-electron chi connectivity index (χ3n) is 3.34. The van der Waals surface area contributed by atoms with E-state index in [4.69, 9.17) is 11.6 Å². The summed E-state index contributed by atoms with van der Waals surface area (Å²) in [5, 5.41) is 4.25. The number of hydrogen-bond acceptors (Lipinski definition) is 3. The SMILES string of the molecule is Cc1cccc(NC(=O)c2cc3cc(Cl)ccc3nc2C)n1. The van der Waals surface area contributed by atoms with E-state index in [1.165, 1.54) is 0 Å². The Kier molecular flexibility index (Phi) is 3.77. The van der Waals surface area contributed by atoms with E-state index >= 15 is 0 Å². The molecule has 0 radical (unpaired) electrons. The summed E-state index contributed by atoms with van der Waals surface area (Å²) in [4.78, 5) is 21.2. The molecule has 110 valence electrons. The molecule has 22 heavy (non-hydrogen) atoms. The van der Waals surface area contributed by atoms with Gasteiger partial charge in [-0.15, -0.1) is 0 Å². The minimum atomic E-state index is -0.232. The highest BCUT2D eigenvalue weighted by atomic mass is 35.5. The van der Waals surface area contributed by atoms with Crippen molar-refractivity contribution in [1.82, 2.24) is 9.97 Å². The van der Waals surface area contributed by atoms with E-state index in [0.717, 1.165) is 16.6 Å². The quantitative estimate of drug-likeness (QED) is 0.773. The molecule has 0 spiro atoms. The molecule has 0 atom stereocenters. The lowest BCUT2D eigenvalue weighted by Gasteiger charge is -2.09. The first-order valence-corrected chi connectivity index (χ1v) is 7.22. The number of hydrogen-bond donors (Lipinski definition) is 1. The Labute approximate surface area is 133 Å². The fourth-order valence-electron chi connectivity index (χ4n) is 2.27. The molecule has 0 bridgehead atoms. The van der Waals surface area contributed by atoms with Crippen LogP contribution in [0.3, 0.4) is 0 Å². The Morgan fingerprint density at radius 3 is 2.68 bits per heavy atom. The molecule has 5 heteroatoms. The van der Waals surface area contributed by atoms with Crippen molar-refractivity contribution < 1.29 is 4.79 Å². The van der Waals surface area contributed by atoms with Gasteiger partial charge in [-0.25, -0.2) is 4.98 Å². The molecule has 2 heterocycles. The molecule has 1 amide bonds. The van der Waals surface area contributed by atoms with Crippen molar-refractivity contribution >= 4 is 34.2 Å². The summed E-state index contributed by atoms with van der Waals surface area (Å²) in [5.41, 5.74) is 2.84. The van der Waals surface area contributed by atoms with Crippen LogP contribution < -0.4 is 5.32 Å². The van der Waals surface area contributed by atoms with Crippen LogP contribution in [0.2, 0.25) is 5.02 Å². The topological polar surface area (TPSA) is 54.9 Å². The summed E-state index contributed by atoms with van der Waals surface area (Å²) in [6.07, 6.45) is 0. The summed E-state index contributed by atoms with van der Waals surface area (Å²) in [5.74, 6) is 0.292. The van der Waals surface area contributed by atoms with Crippen molar-refractivity contribution in [3.05, 3.63) is 64.4 Å². The number of pyridine rings is 2. The highest BCUT2D eigenvalue weighted by Gasteiger charge is 2.12. The van der Waals surface area contributed by atoms with E-state index < -0.39 is 0 Å². The minimum absolute atomic E-state index is 0.232. The Morgan fingerprint density at radius 1 is 1.09 bits per heavy atom. The lowest BCUT2D eigenvalue weighted by atomic mass is 10.1. The summed E-state index contributed by atoms with van der Waals surface area (Å²) in [7, 11) is 0. The normalized spacial score (nSPS) is 10.7. The lowest BCUT2D eigenvalue weighted by Crippen LogP contribution is -2.15. The first-order chi connectivity index (χ1) is 10.5. The molecule has 4 nitrogen and oxygen atoms in total. The van der Waals surface area contributed by atoms with E-state index in [-0.39, 0.29) is 5.91 Å². The molecule has 1 aromatic carbocycles. The van der Waals surface area contributed by atoms with Gasteiger partial charge in [0.15, 0.2) is 0 Å². The molecule has 0 aliphatic heterocycles. The number of amides is 1. The Morgan fingerprint density at radius 2 is 1.91 bits per heavy atom. The van der Waals surface area contributed by atoms with Crippen molar-refractivity contribution in [2.45, 2.75) is 13.8 Å². The number of rotatable bonds is 2. The largest absolute Gasteiger partial charge is 0.306 e. The van der Waals surface area contributed by atoms with Crippen LogP contribution >= 0.6 is 11.6 Å². The fourth-order valence-corrected chi connectivity index (χ4v) is 2.45. The highest BCUT2D eigenvalue weighted by Crippen LogP contribution is 2.21. The standard InChI is InChI=1S/C17H14ClN3O/c1-10-4-3-5-16(19-10)21-17(22)14-9-12-8-13(18)6-7-15(12)20-11(14)2/h3-9H,1-2H3,(H,19,21,22). The summed E-state index contributed by atoms with van der Waals surface area (Å²) < 4.78 is 0. The average molecular weight is 312 g/mol. The number of aryl methyl sites for hydroxylation is 2. The molecule has 0 saturated heterocycles. The fraction of sp³-hybridized carbons (Fsp3) is 0.118. The molecule has 0 fully saturated rings. The molecular weight excluding hydrogens is 298 g/mol. The third kappa shape index (κ3) is 2.92. The zero-order valence-corrected chi connectivity index (χ0v) is 13.0. The molecule has 0 aliphatic carbocycles. The van der Waals surface area contributed by atoms with E-state index in [2.05, 4.69) is 15.3 Å². The molecule has 3 rings (SSSR count). The number of fused-ring (bicyclic) bond motifs is 1. The second kappa shape index (κ2) is 5.73. The van der Waals surface area contributed by atoms with Crippen LogP contribution in [0.4, 0.5) is 5.82 Å². The van der Waals surface area contributed by atoms with Crippen molar-refractivity contribution in [2.24, 2.45) is 0 Å². The molecule has 0 aliphatic rings. The summed E-state index contributed by atoms with van der Waals surface area (Å²) in [6, 6.07) is 12.7. The van der Waals surface area contributed by atoms with Crippen LogP contribution in [0.25, 0.3) is 10.9 Å². The molecule has 0 unspecified atom stereocenters. The van der Waals surface area contributed by atoms with Crippen LogP contribution in [-0.2, 0) is 0 Å². The van der Waals surface area contributed by atoms with Crippen molar-refractivity contribution in [2.75, 3.05) is 5.32 Å². The second-order valence-electron chi connectivity index (χ2n) is 5.08. The highest BCUT2D eigenvalue weighted by molar-refractivity contribution is 6.31. The second-order valence-corrected chi connectivity index (χ2v) is 5.51. The van der Waals surface area contributed by atoms with Crippen LogP contribution in [0, 0.1) is 13.8 Å².